The molecule has 0 aliphatic rings. The molecule has 0 spiro atoms. The van der Waals surface area contributed by atoms with E-state index in [1.54, 1.807) is 11.3 Å². The minimum Gasteiger partial charge on any atom is -0.305 e. The molecule has 0 radical (unpaired) electrons. The van der Waals surface area contributed by atoms with Crippen molar-refractivity contribution in [3.8, 4) is 6.07 Å². The summed E-state index contributed by atoms with van der Waals surface area (Å²) in [4.78, 5) is 1.27. The van der Waals surface area contributed by atoms with E-state index in [0.29, 0.717) is 5.75 Å². The summed E-state index contributed by atoms with van der Waals surface area (Å²) in [6, 6.07) is 16.7. The first-order valence-electron chi connectivity index (χ1n) is 7.35. The molecule has 2 aromatic heterocycles. The highest BCUT2D eigenvalue weighted by Crippen LogP contribution is 2.20. The molecule has 0 saturated carbocycles. The summed E-state index contributed by atoms with van der Waals surface area (Å²) in [5, 5.41) is 20.3. The van der Waals surface area contributed by atoms with Gasteiger partial charge in [0, 0.05) is 17.8 Å². The zero-order valence-corrected chi connectivity index (χ0v) is 14.2. The molecule has 3 aromatic rings. The second kappa shape index (κ2) is 7.95. The fourth-order valence-electron chi connectivity index (χ4n) is 2.33. The van der Waals surface area contributed by atoms with Crippen LogP contribution in [0, 0.1) is 11.3 Å². The van der Waals surface area contributed by atoms with Crippen LogP contribution in [-0.4, -0.2) is 20.5 Å². The smallest absolute Gasteiger partial charge is 0.192 e. The quantitative estimate of drug-likeness (QED) is 0.614. The molecule has 1 aromatic carbocycles. The van der Waals surface area contributed by atoms with E-state index in [1.807, 2.05) is 6.07 Å². The van der Waals surface area contributed by atoms with Gasteiger partial charge in [0.2, 0.25) is 0 Å². The van der Waals surface area contributed by atoms with E-state index in [2.05, 4.69) is 62.6 Å². The Bertz CT molecular complexity index is 773. The molecular formula is C17H16N4S2. The second-order valence-corrected chi connectivity index (χ2v) is 6.96. The molecule has 0 aliphatic carbocycles. The van der Waals surface area contributed by atoms with E-state index < -0.39 is 0 Å². The van der Waals surface area contributed by atoms with E-state index in [4.69, 9.17) is 5.26 Å². The molecule has 0 N–H and O–H groups in total. The number of thioether (sulfide) groups is 1. The van der Waals surface area contributed by atoms with Crippen LogP contribution in [-0.2, 0) is 19.4 Å². The largest absolute Gasteiger partial charge is 0.305 e. The Labute approximate surface area is 143 Å². The van der Waals surface area contributed by atoms with E-state index in [-0.39, 0.29) is 0 Å². The van der Waals surface area contributed by atoms with Crippen LogP contribution < -0.4 is 0 Å². The van der Waals surface area contributed by atoms with Gasteiger partial charge in [-0.25, -0.2) is 0 Å². The molecule has 4 nitrogen and oxygen atoms in total. The Morgan fingerprint density at radius 2 is 2.00 bits per heavy atom. The second-order valence-electron chi connectivity index (χ2n) is 4.99. The standard InChI is InChI=1S/C17H16N4S2/c18-9-12-23-17-20-19-16(13-15-7-4-11-22-15)21(17)10-8-14-5-2-1-3-6-14/h1-7,11H,8,10,12-13H2. The maximum atomic E-state index is 8.81. The fraction of sp³-hybridized carbons (Fsp3) is 0.235. The van der Waals surface area contributed by atoms with Gasteiger partial charge in [0.05, 0.1) is 11.8 Å². The summed E-state index contributed by atoms with van der Waals surface area (Å²) in [5.74, 6) is 1.35. The molecule has 2 heterocycles. The fourth-order valence-corrected chi connectivity index (χ4v) is 3.68. The lowest BCUT2D eigenvalue weighted by molar-refractivity contribution is 0.610. The first kappa shape index (κ1) is 15.8. The third kappa shape index (κ3) is 4.21. The van der Waals surface area contributed by atoms with Gasteiger partial charge in [0.25, 0.3) is 0 Å². The maximum absolute atomic E-state index is 8.81. The van der Waals surface area contributed by atoms with Crippen molar-refractivity contribution in [2.75, 3.05) is 5.75 Å². The summed E-state index contributed by atoms with van der Waals surface area (Å²) >= 11 is 3.18. The van der Waals surface area contributed by atoms with Gasteiger partial charge in [-0.1, -0.05) is 48.2 Å². The van der Waals surface area contributed by atoms with Gasteiger partial charge < -0.3 is 4.57 Å². The highest BCUT2D eigenvalue weighted by Gasteiger charge is 2.13. The SMILES string of the molecule is N#CCSc1nnc(Cc2cccs2)n1CCc1ccccc1. The summed E-state index contributed by atoms with van der Waals surface area (Å²) in [6.07, 6.45) is 1.71. The molecule has 0 amide bonds. The third-order valence-electron chi connectivity index (χ3n) is 3.44. The van der Waals surface area contributed by atoms with E-state index in [0.717, 1.165) is 30.4 Å². The van der Waals surface area contributed by atoms with Crippen molar-refractivity contribution in [1.29, 1.82) is 5.26 Å². The van der Waals surface area contributed by atoms with Gasteiger partial charge in [-0.15, -0.1) is 21.5 Å². The molecular weight excluding hydrogens is 324 g/mol. The van der Waals surface area contributed by atoms with Crippen molar-refractivity contribution in [2.45, 2.75) is 24.5 Å². The summed E-state index contributed by atoms with van der Waals surface area (Å²) in [6.45, 7) is 0.825. The Balaban J connectivity index is 1.79. The predicted molar refractivity (Wildman–Crippen MR) is 93.6 cm³/mol. The predicted octanol–water partition coefficient (Wildman–Crippen LogP) is 3.79. The van der Waals surface area contributed by atoms with Crippen LogP contribution in [0.2, 0.25) is 0 Å². The van der Waals surface area contributed by atoms with Crippen molar-refractivity contribution in [3.63, 3.8) is 0 Å². The number of rotatable bonds is 7. The Morgan fingerprint density at radius 1 is 1.13 bits per heavy atom. The van der Waals surface area contributed by atoms with Gasteiger partial charge in [0.15, 0.2) is 5.16 Å². The van der Waals surface area contributed by atoms with E-state index in [1.165, 1.54) is 22.2 Å². The number of nitrogens with zero attached hydrogens (tertiary/aromatic N) is 4. The van der Waals surface area contributed by atoms with Crippen LogP contribution >= 0.6 is 23.1 Å². The molecule has 3 rings (SSSR count). The van der Waals surface area contributed by atoms with Crippen LogP contribution in [0.1, 0.15) is 16.3 Å². The van der Waals surface area contributed by atoms with E-state index >= 15 is 0 Å². The average molecular weight is 340 g/mol. The summed E-state index contributed by atoms with van der Waals surface area (Å²) < 4.78 is 2.15. The zero-order valence-electron chi connectivity index (χ0n) is 12.6. The Kier molecular flexibility index (Phi) is 5.46. The lowest BCUT2D eigenvalue weighted by Crippen LogP contribution is -2.08. The molecule has 0 fully saturated rings. The highest BCUT2D eigenvalue weighted by atomic mass is 32.2. The number of thiophene rings is 1. The lowest BCUT2D eigenvalue weighted by atomic mass is 10.1. The van der Waals surface area contributed by atoms with Crippen molar-refractivity contribution < 1.29 is 0 Å². The molecule has 0 unspecified atom stereocenters. The minimum absolute atomic E-state index is 0.391. The van der Waals surface area contributed by atoms with Crippen LogP contribution in [0.4, 0.5) is 0 Å². The molecule has 0 saturated heterocycles. The summed E-state index contributed by atoms with van der Waals surface area (Å²) in [7, 11) is 0. The number of hydrogen-bond donors (Lipinski definition) is 0. The maximum Gasteiger partial charge on any atom is 0.192 e. The molecule has 23 heavy (non-hydrogen) atoms. The van der Waals surface area contributed by atoms with Crippen LogP contribution in [0.5, 0.6) is 0 Å². The average Bonchev–Trinajstić information content (AvgIpc) is 3.22. The normalized spacial score (nSPS) is 10.6. The van der Waals surface area contributed by atoms with E-state index in [9.17, 15) is 0 Å². The Morgan fingerprint density at radius 3 is 2.74 bits per heavy atom. The number of aromatic nitrogens is 3. The van der Waals surface area contributed by atoms with Crippen molar-refractivity contribution in [2.24, 2.45) is 0 Å². The molecule has 116 valence electrons. The Hall–Kier alpha value is -2.10. The first-order valence-corrected chi connectivity index (χ1v) is 9.21. The number of nitriles is 1. The van der Waals surface area contributed by atoms with Gasteiger partial charge >= 0.3 is 0 Å². The van der Waals surface area contributed by atoms with Gasteiger partial charge in [-0.05, 0) is 23.4 Å². The highest BCUT2D eigenvalue weighted by molar-refractivity contribution is 7.99. The third-order valence-corrected chi connectivity index (χ3v) is 5.15. The van der Waals surface area contributed by atoms with Gasteiger partial charge in [-0.2, -0.15) is 5.26 Å². The van der Waals surface area contributed by atoms with Crippen molar-refractivity contribution in [1.82, 2.24) is 14.8 Å². The van der Waals surface area contributed by atoms with Crippen LogP contribution in [0.3, 0.4) is 0 Å². The monoisotopic (exact) mass is 340 g/mol. The van der Waals surface area contributed by atoms with Crippen molar-refractivity contribution in [3.05, 3.63) is 64.1 Å². The number of hydrogen-bond acceptors (Lipinski definition) is 5. The lowest BCUT2D eigenvalue weighted by Gasteiger charge is -2.09. The molecule has 0 bridgehead atoms. The number of benzene rings is 1. The zero-order chi connectivity index (χ0) is 15.9. The minimum atomic E-state index is 0.391. The van der Waals surface area contributed by atoms with Crippen molar-refractivity contribution >= 4 is 23.1 Å². The van der Waals surface area contributed by atoms with Gasteiger partial charge in [0.1, 0.15) is 5.82 Å². The van der Waals surface area contributed by atoms with Crippen LogP contribution in [0.25, 0.3) is 0 Å². The molecule has 0 atom stereocenters. The summed E-state index contributed by atoms with van der Waals surface area (Å²) in [5.41, 5.74) is 1.29. The molecule has 0 aliphatic heterocycles. The van der Waals surface area contributed by atoms with Gasteiger partial charge in [-0.3, -0.25) is 0 Å². The molecule has 6 heteroatoms. The number of aryl methyl sites for hydroxylation is 1. The topological polar surface area (TPSA) is 54.5 Å². The van der Waals surface area contributed by atoms with Crippen LogP contribution in [0.15, 0.2) is 53.0 Å². The first-order chi connectivity index (χ1) is 11.4.